The maximum Gasteiger partial charge on any atom is 0.280 e. The summed E-state index contributed by atoms with van der Waals surface area (Å²) in [7, 11) is 0. The smallest absolute Gasteiger partial charge is 0.280 e. The second-order valence-corrected chi connectivity index (χ2v) is 5.51. The number of carbonyl (C=O) groups is 1. The first-order valence-electron chi connectivity index (χ1n) is 7.53. The van der Waals surface area contributed by atoms with Crippen molar-refractivity contribution in [2.75, 3.05) is 0 Å². The molecule has 0 bridgehead atoms. The zero-order valence-corrected chi connectivity index (χ0v) is 12.8. The Morgan fingerprint density at radius 1 is 1.17 bits per heavy atom. The topological polar surface area (TPSA) is 73.1 Å². The molecule has 3 rings (SSSR count). The van der Waals surface area contributed by atoms with Crippen LogP contribution < -0.4 is 0 Å². The lowest BCUT2D eigenvalue weighted by atomic mass is 9.96. The maximum absolute atomic E-state index is 12.8. The summed E-state index contributed by atoms with van der Waals surface area (Å²) in [6, 6.07) is 15.2. The molecule has 5 heteroatoms. The van der Waals surface area contributed by atoms with Crippen molar-refractivity contribution in [3.05, 3.63) is 65.7 Å². The van der Waals surface area contributed by atoms with Crippen LogP contribution in [0.15, 0.2) is 59.7 Å². The Kier molecular flexibility index (Phi) is 3.88. The lowest BCUT2D eigenvalue weighted by molar-refractivity contribution is -0.0766. The fraction of sp³-hybridized carbons (Fsp3) is 0.222. The Bertz CT molecular complexity index is 758. The van der Waals surface area contributed by atoms with E-state index in [4.69, 9.17) is 0 Å². The molecule has 2 N–H and O–H groups in total. The molecule has 1 aliphatic rings. The van der Waals surface area contributed by atoms with Gasteiger partial charge in [0.25, 0.3) is 5.91 Å². The van der Waals surface area contributed by atoms with E-state index in [-0.39, 0.29) is 17.7 Å². The summed E-state index contributed by atoms with van der Waals surface area (Å²) in [5.74, 6) is -0.661. The van der Waals surface area contributed by atoms with Crippen molar-refractivity contribution in [1.29, 1.82) is 0 Å². The number of hydrogen-bond acceptors (Lipinski definition) is 4. The molecule has 0 aliphatic carbocycles. The highest BCUT2D eigenvalue weighted by Gasteiger charge is 2.46. The van der Waals surface area contributed by atoms with Crippen LogP contribution >= 0.6 is 0 Å². The highest BCUT2D eigenvalue weighted by molar-refractivity contribution is 6.00. The number of phenols is 1. The highest BCUT2D eigenvalue weighted by atomic mass is 16.3. The standard InChI is InChI=1S/C18H18N2O3/c1-2-14-12-18(23,13-8-4-3-5-9-13)20(19-14)17(22)15-10-6-7-11-16(15)21/h3-11,21,23H,2,12H2,1H3/t18-/m0/s1. The molecule has 0 unspecified atom stereocenters. The number of hydrogen-bond donors (Lipinski definition) is 2. The van der Waals surface area contributed by atoms with Crippen molar-refractivity contribution in [3.8, 4) is 5.75 Å². The lowest BCUT2D eigenvalue weighted by Crippen LogP contribution is -2.43. The molecule has 0 fully saturated rings. The average Bonchev–Trinajstić information content (AvgIpc) is 2.94. The normalized spacial score (nSPS) is 20.4. The number of aliphatic hydroxyl groups is 1. The number of aromatic hydroxyl groups is 1. The van der Waals surface area contributed by atoms with Gasteiger partial charge in [0.1, 0.15) is 5.75 Å². The van der Waals surface area contributed by atoms with Gasteiger partial charge in [0.2, 0.25) is 0 Å². The van der Waals surface area contributed by atoms with Gasteiger partial charge in [0.15, 0.2) is 5.72 Å². The number of para-hydroxylation sites is 1. The average molecular weight is 310 g/mol. The minimum atomic E-state index is -1.54. The summed E-state index contributed by atoms with van der Waals surface area (Å²) >= 11 is 0. The molecule has 1 amide bonds. The van der Waals surface area contributed by atoms with Gasteiger partial charge < -0.3 is 10.2 Å². The van der Waals surface area contributed by atoms with E-state index in [9.17, 15) is 15.0 Å². The summed E-state index contributed by atoms with van der Waals surface area (Å²) < 4.78 is 0. The predicted molar refractivity (Wildman–Crippen MR) is 87.0 cm³/mol. The van der Waals surface area contributed by atoms with Crippen molar-refractivity contribution in [1.82, 2.24) is 5.01 Å². The highest BCUT2D eigenvalue weighted by Crippen LogP contribution is 2.37. The third-order valence-corrected chi connectivity index (χ3v) is 4.01. The van der Waals surface area contributed by atoms with E-state index in [1.165, 1.54) is 12.1 Å². The Morgan fingerprint density at radius 3 is 2.48 bits per heavy atom. The van der Waals surface area contributed by atoms with Crippen molar-refractivity contribution in [3.63, 3.8) is 0 Å². The molecule has 23 heavy (non-hydrogen) atoms. The summed E-state index contributed by atoms with van der Waals surface area (Å²) in [4.78, 5) is 12.8. The number of amides is 1. The largest absolute Gasteiger partial charge is 0.507 e. The van der Waals surface area contributed by atoms with Crippen LogP contribution in [0.5, 0.6) is 5.75 Å². The Hall–Kier alpha value is -2.66. The van der Waals surface area contributed by atoms with E-state index >= 15 is 0 Å². The van der Waals surface area contributed by atoms with Crippen LogP contribution in [0.2, 0.25) is 0 Å². The minimum Gasteiger partial charge on any atom is -0.507 e. The van der Waals surface area contributed by atoms with Crippen molar-refractivity contribution in [2.45, 2.75) is 25.5 Å². The van der Waals surface area contributed by atoms with Crippen LogP contribution in [-0.2, 0) is 5.72 Å². The number of carbonyl (C=O) groups excluding carboxylic acids is 1. The van der Waals surface area contributed by atoms with Crippen molar-refractivity contribution >= 4 is 11.6 Å². The van der Waals surface area contributed by atoms with Gasteiger partial charge in [0, 0.05) is 17.7 Å². The Morgan fingerprint density at radius 2 is 1.83 bits per heavy atom. The first kappa shape index (κ1) is 15.2. The minimum absolute atomic E-state index is 0.114. The zero-order chi connectivity index (χ0) is 16.4. The fourth-order valence-corrected chi connectivity index (χ4v) is 2.73. The number of benzene rings is 2. The van der Waals surface area contributed by atoms with Gasteiger partial charge in [-0.05, 0) is 18.6 Å². The van der Waals surface area contributed by atoms with Gasteiger partial charge in [-0.25, -0.2) is 0 Å². The Labute approximate surface area is 134 Å². The number of rotatable bonds is 3. The van der Waals surface area contributed by atoms with Crippen molar-refractivity contribution in [2.24, 2.45) is 5.10 Å². The molecular formula is C18H18N2O3. The third-order valence-electron chi connectivity index (χ3n) is 4.01. The quantitative estimate of drug-likeness (QED) is 0.915. The zero-order valence-electron chi connectivity index (χ0n) is 12.8. The second kappa shape index (κ2) is 5.85. The predicted octanol–water partition coefficient (Wildman–Crippen LogP) is 2.85. The van der Waals surface area contributed by atoms with Crippen LogP contribution in [0.3, 0.4) is 0 Å². The fourth-order valence-electron chi connectivity index (χ4n) is 2.73. The molecule has 0 saturated carbocycles. The Balaban J connectivity index is 2.05. The van der Waals surface area contributed by atoms with Gasteiger partial charge >= 0.3 is 0 Å². The molecule has 0 spiro atoms. The molecule has 118 valence electrons. The second-order valence-electron chi connectivity index (χ2n) is 5.51. The summed E-state index contributed by atoms with van der Waals surface area (Å²) in [6.45, 7) is 1.93. The van der Waals surface area contributed by atoms with E-state index < -0.39 is 11.6 Å². The SMILES string of the molecule is CCC1=NN(C(=O)c2ccccc2O)[C@@](O)(c2ccccc2)C1. The lowest BCUT2D eigenvalue weighted by Gasteiger charge is -2.31. The molecule has 2 aromatic rings. The van der Waals surface area contributed by atoms with Crippen LogP contribution in [0, 0.1) is 0 Å². The van der Waals surface area contributed by atoms with Crippen LogP contribution in [-0.4, -0.2) is 26.8 Å². The molecule has 0 aromatic heterocycles. The van der Waals surface area contributed by atoms with Crippen LogP contribution in [0.1, 0.15) is 35.7 Å². The van der Waals surface area contributed by atoms with Crippen molar-refractivity contribution < 1.29 is 15.0 Å². The van der Waals surface area contributed by atoms with Gasteiger partial charge in [-0.2, -0.15) is 10.1 Å². The molecule has 0 saturated heterocycles. The van der Waals surface area contributed by atoms with E-state index in [2.05, 4.69) is 5.10 Å². The summed E-state index contributed by atoms with van der Waals surface area (Å²) in [5.41, 5.74) is -0.0922. The molecular weight excluding hydrogens is 292 g/mol. The summed E-state index contributed by atoms with van der Waals surface area (Å²) in [6.07, 6.45) is 0.895. The monoisotopic (exact) mass is 310 g/mol. The molecule has 1 heterocycles. The third kappa shape index (κ3) is 2.59. The van der Waals surface area contributed by atoms with Gasteiger partial charge in [-0.15, -0.1) is 0 Å². The van der Waals surface area contributed by atoms with Gasteiger partial charge in [-0.3, -0.25) is 4.79 Å². The van der Waals surface area contributed by atoms with Gasteiger partial charge in [-0.1, -0.05) is 49.4 Å². The van der Waals surface area contributed by atoms with E-state index in [1.54, 1.807) is 36.4 Å². The van der Waals surface area contributed by atoms with E-state index in [0.29, 0.717) is 12.0 Å². The number of hydrazone groups is 1. The molecule has 1 atom stereocenters. The van der Waals surface area contributed by atoms with Gasteiger partial charge in [0.05, 0.1) is 5.56 Å². The maximum atomic E-state index is 12.8. The molecule has 0 radical (unpaired) electrons. The molecule has 5 nitrogen and oxygen atoms in total. The van der Waals surface area contributed by atoms with Crippen LogP contribution in [0.4, 0.5) is 0 Å². The van der Waals surface area contributed by atoms with E-state index in [1.807, 2.05) is 13.0 Å². The number of nitrogens with zero attached hydrogens (tertiary/aromatic N) is 2. The molecule has 2 aromatic carbocycles. The number of phenolic OH excluding ortho intramolecular Hbond substituents is 1. The van der Waals surface area contributed by atoms with Crippen LogP contribution in [0.25, 0.3) is 0 Å². The first-order chi connectivity index (χ1) is 11.1. The van der Waals surface area contributed by atoms with E-state index in [0.717, 1.165) is 10.7 Å². The first-order valence-corrected chi connectivity index (χ1v) is 7.53. The summed E-state index contributed by atoms with van der Waals surface area (Å²) in [5, 5.41) is 26.5. The molecule has 1 aliphatic heterocycles.